The summed E-state index contributed by atoms with van der Waals surface area (Å²) in [6.45, 7) is 4.37. The minimum absolute atomic E-state index is 1.14. The Kier molecular flexibility index (Phi) is 8.04. The van der Waals surface area contributed by atoms with E-state index in [-0.39, 0.29) is 0 Å². The Morgan fingerprint density at radius 1 is 1.00 bits per heavy atom. The van der Waals surface area contributed by atoms with Crippen LogP contribution < -0.4 is 0 Å². The van der Waals surface area contributed by atoms with Crippen molar-refractivity contribution in [3.05, 3.63) is 24.3 Å². The standard InChI is InChI=1S/C10H18/c1-3-5-7-9-10-8-6-4-2/h5,7,9-10H,3-4,6,8H2,1-2H3/b7-5-,10-9+. The highest BCUT2D eigenvalue weighted by Crippen LogP contribution is 1.94. The summed E-state index contributed by atoms with van der Waals surface area (Å²) >= 11 is 0. The number of unbranched alkanes of at least 4 members (excludes halogenated alkanes) is 2. The lowest BCUT2D eigenvalue weighted by Crippen LogP contribution is -1.64. The second-order valence-corrected chi connectivity index (χ2v) is 2.41. The van der Waals surface area contributed by atoms with E-state index in [1.54, 1.807) is 0 Å². The summed E-state index contributed by atoms with van der Waals surface area (Å²) in [6, 6.07) is 0. The van der Waals surface area contributed by atoms with E-state index in [4.69, 9.17) is 0 Å². The first-order valence-corrected chi connectivity index (χ1v) is 4.23. The molecule has 0 aromatic rings. The van der Waals surface area contributed by atoms with Crippen LogP contribution in [0.4, 0.5) is 0 Å². The Morgan fingerprint density at radius 2 is 1.70 bits per heavy atom. The zero-order valence-electron chi connectivity index (χ0n) is 7.14. The molecule has 0 nitrogen and oxygen atoms in total. The van der Waals surface area contributed by atoms with Crippen molar-refractivity contribution in [2.45, 2.75) is 39.5 Å². The molecule has 0 atom stereocenters. The maximum absolute atomic E-state index is 2.23. The van der Waals surface area contributed by atoms with Crippen molar-refractivity contribution in [1.82, 2.24) is 0 Å². The third kappa shape index (κ3) is 7.48. The molecule has 0 aromatic carbocycles. The van der Waals surface area contributed by atoms with Crippen LogP contribution in [-0.2, 0) is 0 Å². The fourth-order valence-electron chi connectivity index (χ4n) is 0.711. The van der Waals surface area contributed by atoms with Gasteiger partial charge in [-0.2, -0.15) is 0 Å². The number of hydrogen-bond acceptors (Lipinski definition) is 0. The number of rotatable bonds is 5. The van der Waals surface area contributed by atoms with E-state index in [9.17, 15) is 0 Å². The van der Waals surface area contributed by atoms with Crippen molar-refractivity contribution in [2.24, 2.45) is 0 Å². The molecule has 0 saturated heterocycles. The van der Waals surface area contributed by atoms with E-state index < -0.39 is 0 Å². The highest BCUT2D eigenvalue weighted by molar-refractivity contribution is 5.01. The van der Waals surface area contributed by atoms with Gasteiger partial charge < -0.3 is 0 Å². The largest absolute Gasteiger partial charge is 0.0848 e. The van der Waals surface area contributed by atoms with Crippen LogP contribution in [-0.4, -0.2) is 0 Å². The molecular weight excluding hydrogens is 120 g/mol. The van der Waals surface area contributed by atoms with Crippen LogP contribution in [0.3, 0.4) is 0 Å². The molecule has 10 heavy (non-hydrogen) atoms. The lowest BCUT2D eigenvalue weighted by molar-refractivity contribution is 0.815. The second-order valence-electron chi connectivity index (χ2n) is 2.41. The van der Waals surface area contributed by atoms with Gasteiger partial charge in [0.1, 0.15) is 0 Å². The highest BCUT2D eigenvalue weighted by Gasteiger charge is 1.74. The Labute approximate surface area is 64.6 Å². The maximum Gasteiger partial charge on any atom is -0.0348 e. The van der Waals surface area contributed by atoms with Gasteiger partial charge in [-0.05, 0) is 12.8 Å². The highest BCUT2D eigenvalue weighted by atomic mass is 13.8. The summed E-state index contributed by atoms with van der Waals surface area (Å²) in [6.07, 6.45) is 13.6. The van der Waals surface area contributed by atoms with Crippen LogP contribution in [0.2, 0.25) is 0 Å². The first-order valence-electron chi connectivity index (χ1n) is 4.23. The zero-order chi connectivity index (χ0) is 7.66. The monoisotopic (exact) mass is 138 g/mol. The quantitative estimate of drug-likeness (QED) is 0.401. The molecular formula is C10H18. The molecule has 0 heteroatoms. The molecule has 0 N–H and O–H groups in total. The Hall–Kier alpha value is -0.520. The first kappa shape index (κ1) is 9.48. The minimum Gasteiger partial charge on any atom is -0.0848 e. The lowest BCUT2D eigenvalue weighted by Gasteiger charge is -1.85. The Bertz CT molecular complexity index is 98.6. The molecule has 0 bridgehead atoms. The molecule has 0 aromatic heterocycles. The molecule has 0 heterocycles. The molecule has 0 amide bonds. The average molecular weight is 138 g/mol. The SMILES string of the molecule is CC/C=C\C=C\CCCC. The molecule has 0 aliphatic carbocycles. The van der Waals surface area contributed by atoms with Gasteiger partial charge in [0.05, 0.1) is 0 Å². The van der Waals surface area contributed by atoms with Gasteiger partial charge in [-0.15, -0.1) is 0 Å². The van der Waals surface area contributed by atoms with E-state index in [0.717, 1.165) is 6.42 Å². The maximum atomic E-state index is 2.23. The van der Waals surface area contributed by atoms with Gasteiger partial charge in [-0.25, -0.2) is 0 Å². The summed E-state index contributed by atoms with van der Waals surface area (Å²) in [5.74, 6) is 0. The van der Waals surface area contributed by atoms with Crippen LogP contribution in [0.5, 0.6) is 0 Å². The van der Waals surface area contributed by atoms with Crippen molar-refractivity contribution in [3.8, 4) is 0 Å². The lowest BCUT2D eigenvalue weighted by atomic mass is 10.2. The fourth-order valence-corrected chi connectivity index (χ4v) is 0.711. The predicted molar refractivity (Wildman–Crippen MR) is 48.1 cm³/mol. The predicted octanol–water partition coefficient (Wildman–Crippen LogP) is 3.70. The van der Waals surface area contributed by atoms with Gasteiger partial charge in [-0.1, -0.05) is 51.0 Å². The molecule has 0 saturated carbocycles. The molecule has 0 spiro atoms. The minimum atomic E-state index is 1.14. The van der Waals surface area contributed by atoms with Gasteiger partial charge >= 0.3 is 0 Å². The van der Waals surface area contributed by atoms with E-state index in [1.807, 2.05) is 0 Å². The molecule has 0 aliphatic rings. The molecule has 58 valence electrons. The third-order valence-electron chi connectivity index (χ3n) is 1.34. The summed E-state index contributed by atoms with van der Waals surface area (Å²) in [5.41, 5.74) is 0. The second kappa shape index (κ2) is 8.48. The van der Waals surface area contributed by atoms with Crippen molar-refractivity contribution in [1.29, 1.82) is 0 Å². The van der Waals surface area contributed by atoms with E-state index in [0.29, 0.717) is 0 Å². The molecule has 0 radical (unpaired) electrons. The van der Waals surface area contributed by atoms with Crippen LogP contribution in [0.25, 0.3) is 0 Å². The summed E-state index contributed by atoms with van der Waals surface area (Å²) < 4.78 is 0. The smallest absolute Gasteiger partial charge is 0.0348 e. The summed E-state index contributed by atoms with van der Waals surface area (Å²) in [7, 11) is 0. The van der Waals surface area contributed by atoms with Crippen molar-refractivity contribution >= 4 is 0 Å². The first-order chi connectivity index (χ1) is 4.91. The normalized spacial score (nSPS) is 11.8. The average Bonchev–Trinajstić information content (AvgIpc) is 1.97. The van der Waals surface area contributed by atoms with E-state index in [1.165, 1.54) is 19.3 Å². The van der Waals surface area contributed by atoms with Crippen LogP contribution >= 0.6 is 0 Å². The van der Waals surface area contributed by atoms with Gasteiger partial charge in [0.2, 0.25) is 0 Å². The summed E-state index contributed by atoms with van der Waals surface area (Å²) in [4.78, 5) is 0. The van der Waals surface area contributed by atoms with Gasteiger partial charge in [-0.3, -0.25) is 0 Å². The zero-order valence-corrected chi connectivity index (χ0v) is 7.14. The molecule has 0 unspecified atom stereocenters. The van der Waals surface area contributed by atoms with E-state index in [2.05, 4.69) is 38.2 Å². The van der Waals surface area contributed by atoms with Crippen LogP contribution in [0.1, 0.15) is 39.5 Å². The van der Waals surface area contributed by atoms with Crippen LogP contribution in [0.15, 0.2) is 24.3 Å². The van der Waals surface area contributed by atoms with Crippen LogP contribution in [0, 0.1) is 0 Å². The van der Waals surface area contributed by atoms with E-state index >= 15 is 0 Å². The molecule has 0 fully saturated rings. The molecule has 0 aliphatic heterocycles. The third-order valence-corrected chi connectivity index (χ3v) is 1.34. The molecule has 0 rings (SSSR count). The van der Waals surface area contributed by atoms with Gasteiger partial charge in [0.15, 0.2) is 0 Å². The summed E-state index contributed by atoms with van der Waals surface area (Å²) in [5, 5.41) is 0. The number of hydrogen-bond donors (Lipinski definition) is 0. The fraction of sp³-hybridized carbons (Fsp3) is 0.600. The van der Waals surface area contributed by atoms with Gasteiger partial charge in [0.25, 0.3) is 0 Å². The van der Waals surface area contributed by atoms with Crippen molar-refractivity contribution in [2.75, 3.05) is 0 Å². The van der Waals surface area contributed by atoms with Gasteiger partial charge in [0, 0.05) is 0 Å². The Morgan fingerprint density at radius 3 is 2.30 bits per heavy atom. The Balaban J connectivity index is 3.11. The number of allylic oxidation sites excluding steroid dienone is 4. The topological polar surface area (TPSA) is 0 Å². The van der Waals surface area contributed by atoms with Crippen molar-refractivity contribution in [3.63, 3.8) is 0 Å². The van der Waals surface area contributed by atoms with Crippen molar-refractivity contribution < 1.29 is 0 Å².